The SMILES string of the molecule is CNC(=O)OSC=N. The summed E-state index contributed by atoms with van der Waals surface area (Å²) in [5.41, 5.74) is 0.926. The predicted octanol–water partition coefficient (Wildman–Crippen LogP) is 0.598. The van der Waals surface area contributed by atoms with E-state index in [1.165, 1.54) is 7.05 Å². The van der Waals surface area contributed by atoms with Crippen LogP contribution in [0.1, 0.15) is 0 Å². The van der Waals surface area contributed by atoms with Gasteiger partial charge in [0.1, 0.15) is 12.0 Å². The molecule has 0 atom stereocenters. The Kier molecular flexibility index (Phi) is 4.05. The van der Waals surface area contributed by atoms with Gasteiger partial charge in [-0.3, -0.25) is 5.41 Å². The van der Waals surface area contributed by atoms with Gasteiger partial charge in [0, 0.05) is 7.05 Å². The average molecular weight is 134 g/mol. The normalized spacial score (nSPS) is 7.62. The van der Waals surface area contributed by atoms with E-state index in [9.17, 15) is 4.79 Å². The Hall–Kier alpha value is -0.710. The molecule has 1 amide bonds. The Balaban J connectivity index is 3.11. The monoisotopic (exact) mass is 134 g/mol. The van der Waals surface area contributed by atoms with Crippen molar-refractivity contribution >= 4 is 23.7 Å². The molecule has 0 heterocycles. The quantitative estimate of drug-likeness (QED) is 0.330. The van der Waals surface area contributed by atoms with Gasteiger partial charge in [0.2, 0.25) is 0 Å². The van der Waals surface area contributed by atoms with Crippen LogP contribution >= 0.6 is 12.0 Å². The molecule has 0 aromatic carbocycles. The van der Waals surface area contributed by atoms with E-state index >= 15 is 0 Å². The minimum atomic E-state index is -0.543. The molecule has 5 heteroatoms. The van der Waals surface area contributed by atoms with E-state index in [2.05, 4.69) is 9.50 Å². The van der Waals surface area contributed by atoms with Crippen LogP contribution in [0.5, 0.6) is 0 Å². The van der Waals surface area contributed by atoms with Crippen LogP contribution in [0.4, 0.5) is 4.79 Å². The minimum absolute atomic E-state index is 0.543. The van der Waals surface area contributed by atoms with Crippen LogP contribution in [-0.4, -0.2) is 18.7 Å². The van der Waals surface area contributed by atoms with E-state index in [0.29, 0.717) is 12.0 Å². The molecular formula is C3H6N2O2S. The summed E-state index contributed by atoms with van der Waals surface area (Å²) in [6.07, 6.45) is -0.543. The van der Waals surface area contributed by atoms with Crippen molar-refractivity contribution < 1.29 is 8.98 Å². The van der Waals surface area contributed by atoms with Gasteiger partial charge in [0.25, 0.3) is 0 Å². The van der Waals surface area contributed by atoms with Crippen molar-refractivity contribution in [2.75, 3.05) is 7.05 Å². The standard InChI is InChI=1S/C3H6N2O2S/c1-5-3(6)7-8-2-4/h2,4H,1H3,(H,5,6). The van der Waals surface area contributed by atoms with Crippen molar-refractivity contribution in [3.05, 3.63) is 0 Å². The van der Waals surface area contributed by atoms with Crippen molar-refractivity contribution in [2.24, 2.45) is 0 Å². The van der Waals surface area contributed by atoms with E-state index in [-0.39, 0.29) is 0 Å². The summed E-state index contributed by atoms with van der Waals surface area (Å²) in [6.45, 7) is 0. The highest BCUT2D eigenvalue weighted by Crippen LogP contribution is 1.94. The lowest BCUT2D eigenvalue weighted by Crippen LogP contribution is -2.15. The number of hydrogen-bond donors (Lipinski definition) is 2. The molecule has 46 valence electrons. The van der Waals surface area contributed by atoms with Crippen molar-refractivity contribution in [3.8, 4) is 0 Å². The highest BCUT2D eigenvalue weighted by atomic mass is 32.2. The summed E-state index contributed by atoms with van der Waals surface area (Å²) in [7, 11) is 1.45. The second kappa shape index (κ2) is 4.45. The van der Waals surface area contributed by atoms with Crippen LogP contribution in [0.15, 0.2) is 0 Å². The molecule has 0 saturated heterocycles. The first-order chi connectivity index (χ1) is 3.81. The van der Waals surface area contributed by atoms with Gasteiger partial charge < -0.3 is 9.50 Å². The topological polar surface area (TPSA) is 62.2 Å². The molecule has 0 saturated carbocycles. The van der Waals surface area contributed by atoms with E-state index < -0.39 is 6.09 Å². The molecule has 2 N–H and O–H groups in total. The maximum absolute atomic E-state index is 10.1. The first kappa shape index (κ1) is 7.29. The van der Waals surface area contributed by atoms with Gasteiger partial charge in [-0.25, -0.2) is 4.79 Å². The molecule has 0 bridgehead atoms. The van der Waals surface area contributed by atoms with Crippen LogP contribution in [0, 0.1) is 5.41 Å². The molecule has 0 aromatic heterocycles. The van der Waals surface area contributed by atoms with Crippen molar-refractivity contribution in [1.29, 1.82) is 5.41 Å². The van der Waals surface area contributed by atoms with Crippen LogP contribution in [0.3, 0.4) is 0 Å². The number of nitrogens with one attached hydrogen (secondary N) is 2. The molecule has 0 rings (SSSR count). The van der Waals surface area contributed by atoms with Gasteiger partial charge in [-0.2, -0.15) is 0 Å². The molecule has 0 aliphatic heterocycles. The zero-order valence-electron chi connectivity index (χ0n) is 4.30. The number of carbonyl (C=O) groups is 1. The maximum atomic E-state index is 10.1. The Labute approximate surface area is 51.3 Å². The molecule has 0 aliphatic rings. The molecule has 0 unspecified atom stereocenters. The van der Waals surface area contributed by atoms with Gasteiger partial charge in [-0.15, -0.1) is 0 Å². The molecular weight excluding hydrogens is 128 g/mol. The van der Waals surface area contributed by atoms with E-state index in [1.807, 2.05) is 0 Å². The second-order valence-electron chi connectivity index (χ2n) is 0.835. The Morgan fingerprint density at radius 2 is 2.62 bits per heavy atom. The summed E-state index contributed by atoms with van der Waals surface area (Å²) in [5.74, 6) is 0. The number of hydrogen-bond acceptors (Lipinski definition) is 4. The lowest BCUT2D eigenvalue weighted by Gasteiger charge is -1.93. The fourth-order valence-corrected chi connectivity index (χ4v) is 0.328. The lowest BCUT2D eigenvalue weighted by molar-refractivity contribution is 0.211. The Morgan fingerprint density at radius 3 is 3.00 bits per heavy atom. The van der Waals surface area contributed by atoms with Crippen LogP contribution in [-0.2, 0) is 4.18 Å². The molecule has 0 aromatic rings. The number of carbonyl (C=O) groups excluding carboxylic acids is 1. The van der Waals surface area contributed by atoms with Gasteiger partial charge >= 0.3 is 6.09 Å². The number of amides is 1. The zero-order chi connectivity index (χ0) is 6.41. The van der Waals surface area contributed by atoms with Crippen LogP contribution in [0.2, 0.25) is 0 Å². The van der Waals surface area contributed by atoms with Crippen molar-refractivity contribution in [3.63, 3.8) is 0 Å². The van der Waals surface area contributed by atoms with Gasteiger partial charge in [0.15, 0.2) is 0 Å². The van der Waals surface area contributed by atoms with Gasteiger partial charge in [-0.1, -0.05) is 0 Å². The summed E-state index contributed by atoms with van der Waals surface area (Å²) < 4.78 is 4.26. The van der Waals surface area contributed by atoms with Crippen LogP contribution < -0.4 is 5.32 Å². The molecule has 8 heavy (non-hydrogen) atoms. The predicted molar refractivity (Wildman–Crippen MR) is 31.9 cm³/mol. The molecule has 0 fully saturated rings. The fourth-order valence-electron chi connectivity index (χ4n) is 0.109. The van der Waals surface area contributed by atoms with E-state index in [4.69, 9.17) is 5.41 Å². The van der Waals surface area contributed by atoms with Crippen molar-refractivity contribution in [1.82, 2.24) is 5.32 Å². The summed E-state index contributed by atoms with van der Waals surface area (Å²) in [6, 6.07) is 0. The largest absolute Gasteiger partial charge is 0.419 e. The first-order valence-corrected chi connectivity index (χ1v) is 2.65. The summed E-state index contributed by atoms with van der Waals surface area (Å²) in [5, 5.41) is 8.62. The molecule has 4 nitrogen and oxygen atoms in total. The minimum Gasteiger partial charge on any atom is -0.369 e. The van der Waals surface area contributed by atoms with Crippen molar-refractivity contribution in [2.45, 2.75) is 0 Å². The maximum Gasteiger partial charge on any atom is 0.419 e. The van der Waals surface area contributed by atoms with Gasteiger partial charge in [-0.05, 0) is 0 Å². The summed E-state index contributed by atoms with van der Waals surface area (Å²) in [4.78, 5) is 10.1. The molecule has 0 radical (unpaired) electrons. The lowest BCUT2D eigenvalue weighted by atomic mass is 11.1. The number of rotatable bonds is 2. The van der Waals surface area contributed by atoms with E-state index in [1.54, 1.807) is 0 Å². The third kappa shape index (κ3) is 3.48. The summed E-state index contributed by atoms with van der Waals surface area (Å²) >= 11 is 0.670. The highest BCUT2D eigenvalue weighted by Gasteiger charge is 1.93. The zero-order valence-corrected chi connectivity index (χ0v) is 5.12. The molecule has 0 aliphatic carbocycles. The second-order valence-corrected chi connectivity index (χ2v) is 1.43. The smallest absolute Gasteiger partial charge is 0.369 e. The third-order valence-electron chi connectivity index (χ3n) is 0.376. The first-order valence-electron chi connectivity index (χ1n) is 1.85. The fraction of sp³-hybridized carbons (Fsp3) is 0.333. The molecule has 0 spiro atoms. The van der Waals surface area contributed by atoms with E-state index in [0.717, 1.165) is 5.55 Å². The highest BCUT2D eigenvalue weighted by molar-refractivity contribution is 8.08. The van der Waals surface area contributed by atoms with Crippen LogP contribution in [0.25, 0.3) is 0 Å². The Bertz CT molecular complexity index is 95.3. The average Bonchev–Trinajstić information content (AvgIpc) is 1.83. The third-order valence-corrected chi connectivity index (χ3v) is 0.720. The van der Waals surface area contributed by atoms with Gasteiger partial charge in [0.05, 0.1) is 5.55 Å². The Morgan fingerprint density at radius 1 is 2.00 bits per heavy atom.